The van der Waals surface area contributed by atoms with E-state index in [-0.39, 0.29) is 35.7 Å². The van der Waals surface area contributed by atoms with Crippen molar-refractivity contribution in [2.75, 3.05) is 30.8 Å². The number of likely N-dealkylation sites (tertiary alicyclic amines) is 2. The third-order valence-electron chi connectivity index (χ3n) is 10.4. The van der Waals surface area contributed by atoms with Crippen molar-refractivity contribution in [2.45, 2.75) is 102 Å². The number of methoxy groups -OCH3 is 1. The van der Waals surface area contributed by atoms with Gasteiger partial charge in [-0.2, -0.15) is 0 Å². The standard InChI is InChI=1S/C38H51N7O8/c1-5-27(42-38(52)53-4)35(48)44-20-6-8-30(44)33(46)39-25-14-10-23(11-15-25)28-18-19-29(41-28)24-12-16-26(17-13-24)40-34(47)31-9-7-21-45(31)36(49)32(22(2)3)43-37(50)51/h10-17,22,27-32,41,43H,5-9,18-21H2,1-4H3,(H,39,46)(H,40,47)(H,42,52)(H,50,51)/t27-,28-,29-,30-,31-,32-/m0/s1. The first-order chi connectivity index (χ1) is 25.4. The van der Waals surface area contributed by atoms with Gasteiger partial charge in [0.15, 0.2) is 0 Å². The molecule has 5 rings (SSSR count). The highest BCUT2D eigenvalue weighted by atomic mass is 16.5. The number of ether oxygens (including phenoxy) is 1. The van der Waals surface area contributed by atoms with Crippen LogP contribution in [0, 0.1) is 5.92 Å². The fourth-order valence-corrected chi connectivity index (χ4v) is 7.49. The maximum Gasteiger partial charge on any atom is 0.407 e. The third kappa shape index (κ3) is 9.44. The second-order valence-electron chi connectivity index (χ2n) is 14.2. The van der Waals surface area contributed by atoms with E-state index < -0.39 is 42.3 Å². The van der Waals surface area contributed by atoms with Gasteiger partial charge in [0, 0.05) is 36.5 Å². The van der Waals surface area contributed by atoms with Crippen molar-refractivity contribution >= 4 is 47.2 Å². The van der Waals surface area contributed by atoms with Crippen LogP contribution in [0.25, 0.3) is 0 Å². The molecule has 15 nitrogen and oxygen atoms in total. The number of rotatable bonds is 12. The zero-order valence-corrected chi connectivity index (χ0v) is 30.7. The average Bonchev–Trinajstić information content (AvgIpc) is 3.94. The Balaban J connectivity index is 1.12. The van der Waals surface area contributed by atoms with Crippen LogP contribution in [-0.2, 0) is 23.9 Å². The summed E-state index contributed by atoms with van der Waals surface area (Å²) in [6, 6.07) is 12.6. The van der Waals surface area contributed by atoms with Crippen LogP contribution in [0.3, 0.4) is 0 Å². The number of anilines is 2. The van der Waals surface area contributed by atoms with Crippen molar-refractivity contribution in [1.82, 2.24) is 25.8 Å². The molecule has 3 saturated heterocycles. The first-order valence-electron chi connectivity index (χ1n) is 18.4. The number of carbonyl (C=O) groups is 6. The number of nitrogens with zero attached hydrogens (tertiary/aromatic N) is 2. The molecule has 286 valence electrons. The summed E-state index contributed by atoms with van der Waals surface area (Å²) in [5.41, 5.74) is 3.41. The monoisotopic (exact) mass is 733 g/mol. The van der Waals surface area contributed by atoms with Crippen LogP contribution in [0.15, 0.2) is 48.5 Å². The molecule has 0 spiro atoms. The van der Waals surface area contributed by atoms with Gasteiger partial charge in [-0.1, -0.05) is 45.0 Å². The van der Waals surface area contributed by atoms with E-state index in [9.17, 15) is 33.9 Å². The number of benzene rings is 2. The summed E-state index contributed by atoms with van der Waals surface area (Å²) in [7, 11) is 1.24. The summed E-state index contributed by atoms with van der Waals surface area (Å²) >= 11 is 0. The summed E-state index contributed by atoms with van der Waals surface area (Å²) in [6.07, 6.45) is 2.62. The molecule has 0 saturated carbocycles. The average molecular weight is 734 g/mol. The highest BCUT2D eigenvalue weighted by Gasteiger charge is 2.39. The van der Waals surface area contributed by atoms with Crippen LogP contribution in [0.5, 0.6) is 0 Å². The highest BCUT2D eigenvalue weighted by molar-refractivity contribution is 5.99. The lowest BCUT2D eigenvalue weighted by Gasteiger charge is -2.29. The zero-order valence-electron chi connectivity index (χ0n) is 30.7. The van der Waals surface area contributed by atoms with Crippen LogP contribution in [-0.4, -0.2) is 95.1 Å². The molecule has 2 aromatic carbocycles. The van der Waals surface area contributed by atoms with Crippen molar-refractivity contribution in [3.05, 3.63) is 59.7 Å². The first-order valence-corrected chi connectivity index (χ1v) is 18.4. The molecule has 0 bridgehead atoms. The third-order valence-corrected chi connectivity index (χ3v) is 10.4. The summed E-state index contributed by atoms with van der Waals surface area (Å²) < 4.78 is 4.64. The number of nitrogens with one attached hydrogen (secondary N) is 5. The van der Waals surface area contributed by atoms with Gasteiger partial charge in [0.25, 0.3) is 0 Å². The van der Waals surface area contributed by atoms with Crippen LogP contribution < -0.4 is 26.6 Å². The molecule has 2 aromatic rings. The van der Waals surface area contributed by atoms with Gasteiger partial charge in [0.05, 0.1) is 7.11 Å². The maximum atomic E-state index is 13.2. The second-order valence-corrected chi connectivity index (χ2v) is 14.2. The summed E-state index contributed by atoms with van der Waals surface area (Å²) in [6.45, 7) is 6.15. The molecular weight excluding hydrogens is 682 g/mol. The van der Waals surface area contributed by atoms with Gasteiger partial charge in [-0.15, -0.1) is 0 Å². The number of carboxylic acid groups (broad SMARTS) is 1. The van der Waals surface area contributed by atoms with E-state index in [4.69, 9.17) is 0 Å². The smallest absolute Gasteiger partial charge is 0.407 e. The van der Waals surface area contributed by atoms with E-state index in [1.54, 1.807) is 20.8 Å². The van der Waals surface area contributed by atoms with Crippen LogP contribution in [0.4, 0.5) is 21.0 Å². The Morgan fingerprint density at radius 2 is 1.23 bits per heavy atom. The lowest BCUT2D eigenvalue weighted by Crippen LogP contribution is -2.54. The van der Waals surface area contributed by atoms with Gasteiger partial charge in [-0.25, -0.2) is 9.59 Å². The fraction of sp³-hybridized carbons (Fsp3) is 0.526. The molecular formula is C38H51N7O8. The number of hydrogen-bond donors (Lipinski definition) is 6. The van der Waals surface area contributed by atoms with Gasteiger partial charge in [-0.05, 0) is 86.3 Å². The molecule has 6 amide bonds. The van der Waals surface area contributed by atoms with E-state index in [1.807, 2.05) is 48.5 Å². The molecule has 6 N–H and O–H groups in total. The largest absolute Gasteiger partial charge is 0.465 e. The highest BCUT2D eigenvalue weighted by Crippen LogP contribution is 2.35. The summed E-state index contributed by atoms with van der Waals surface area (Å²) in [5, 5.41) is 23.6. The maximum absolute atomic E-state index is 13.2. The number of alkyl carbamates (subject to hydrolysis) is 1. The quantitative estimate of drug-likeness (QED) is 0.186. The molecule has 0 aromatic heterocycles. The van der Waals surface area contributed by atoms with Crippen LogP contribution in [0.1, 0.15) is 88.9 Å². The minimum atomic E-state index is -1.28. The number of hydrogen-bond acceptors (Lipinski definition) is 8. The molecule has 6 atom stereocenters. The fourth-order valence-electron chi connectivity index (χ4n) is 7.49. The van der Waals surface area contributed by atoms with E-state index in [1.165, 1.54) is 16.9 Å². The van der Waals surface area contributed by atoms with E-state index in [0.29, 0.717) is 56.6 Å². The molecule has 15 heteroatoms. The van der Waals surface area contributed by atoms with Crippen molar-refractivity contribution in [3.8, 4) is 0 Å². The topological polar surface area (TPSA) is 199 Å². The first kappa shape index (κ1) is 39.0. The normalized spacial score (nSPS) is 22.2. The van der Waals surface area contributed by atoms with Crippen molar-refractivity contribution in [3.63, 3.8) is 0 Å². The van der Waals surface area contributed by atoms with Crippen molar-refractivity contribution < 1.29 is 38.6 Å². The van der Waals surface area contributed by atoms with E-state index in [0.717, 1.165) is 24.0 Å². The van der Waals surface area contributed by atoms with Gasteiger partial charge >= 0.3 is 12.2 Å². The number of amides is 6. The predicted octanol–water partition coefficient (Wildman–Crippen LogP) is 4.14. The van der Waals surface area contributed by atoms with Crippen LogP contribution >= 0.6 is 0 Å². The Bertz CT molecular complexity index is 1650. The Labute approximate surface area is 309 Å². The molecule has 3 fully saturated rings. The minimum Gasteiger partial charge on any atom is -0.465 e. The van der Waals surface area contributed by atoms with Gasteiger partial charge in [-0.3, -0.25) is 19.2 Å². The lowest BCUT2D eigenvalue weighted by atomic mass is 10.0. The van der Waals surface area contributed by atoms with Crippen LogP contribution in [0.2, 0.25) is 0 Å². The van der Waals surface area contributed by atoms with Gasteiger partial charge in [0.1, 0.15) is 24.2 Å². The molecule has 0 unspecified atom stereocenters. The zero-order chi connectivity index (χ0) is 38.2. The van der Waals surface area contributed by atoms with E-state index in [2.05, 4.69) is 31.3 Å². The van der Waals surface area contributed by atoms with Gasteiger partial charge in [0.2, 0.25) is 23.6 Å². The predicted molar refractivity (Wildman–Crippen MR) is 197 cm³/mol. The molecule has 3 heterocycles. The molecule has 3 aliphatic heterocycles. The summed E-state index contributed by atoms with van der Waals surface area (Å²) in [4.78, 5) is 78.8. The molecule has 3 aliphatic rings. The summed E-state index contributed by atoms with van der Waals surface area (Å²) in [5.74, 6) is -1.52. The van der Waals surface area contributed by atoms with Gasteiger partial charge < -0.3 is 46.2 Å². The minimum absolute atomic E-state index is 0.105. The van der Waals surface area contributed by atoms with Crippen molar-refractivity contribution in [1.29, 1.82) is 0 Å². The Kier molecular flexibility index (Phi) is 12.9. The van der Waals surface area contributed by atoms with E-state index >= 15 is 0 Å². The Hall–Kier alpha value is -5.18. The van der Waals surface area contributed by atoms with Crippen molar-refractivity contribution in [2.24, 2.45) is 5.92 Å². The lowest BCUT2D eigenvalue weighted by molar-refractivity contribution is -0.139. The molecule has 0 aliphatic carbocycles. The second kappa shape index (κ2) is 17.6. The Morgan fingerprint density at radius 1 is 0.755 bits per heavy atom. The molecule has 53 heavy (non-hydrogen) atoms. The Morgan fingerprint density at radius 3 is 1.64 bits per heavy atom. The SMILES string of the molecule is CC[C@H](NC(=O)OC)C(=O)N1CCC[C@H]1C(=O)Nc1ccc([C@@H]2CC[C@@H](c3ccc(NC(=O)[C@@H]4CCCN4C(=O)[C@@H](NC(=O)O)C(C)C)cc3)N2)cc1. The number of carbonyl (C=O) groups excluding carboxylic acids is 5. The molecule has 0 radical (unpaired) electrons.